The maximum atomic E-state index is 13.6. The maximum Gasteiger partial charge on any atom is 0.305 e. The first-order chi connectivity index (χ1) is 20.8. The molecule has 5 atom stereocenters. The maximum absolute atomic E-state index is 13.6. The van der Waals surface area contributed by atoms with Crippen LogP contribution in [-0.2, 0) is 40.0 Å². The van der Waals surface area contributed by atoms with Crippen LogP contribution < -0.4 is 27.4 Å². The molecule has 0 aliphatic carbocycles. The fraction of sp³-hybridized carbons (Fsp3) is 0.519. The van der Waals surface area contributed by atoms with Crippen LogP contribution in [0.4, 0.5) is 0 Å². The average molecular weight is 620 g/mol. The van der Waals surface area contributed by atoms with E-state index in [2.05, 4.69) is 16.0 Å². The highest BCUT2D eigenvalue weighted by Gasteiger charge is 2.45. The number of nitrogens with zero attached hydrogens (tertiary/aromatic N) is 2. The zero-order valence-corrected chi connectivity index (χ0v) is 23.8. The van der Waals surface area contributed by atoms with Gasteiger partial charge in [0.1, 0.15) is 23.9 Å². The van der Waals surface area contributed by atoms with Crippen LogP contribution >= 0.6 is 0 Å². The van der Waals surface area contributed by atoms with Crippen molar-refractivity contribution in [2.75, 3.05) is 26.2 Å². The predicted octanol–water partition coefficient (Wildman–Crippen LogP) is -4.11. The van der Waals surface area contributed by atoms with Crippen molar-refractivity contribution in [1.82, 2.24) is 25.8 Å². The number of phenols is 1. The second-order valence-corrected chi connectivity index (χ2v) is 10.7. The number of rotatable bonds is 13. The van der Waals surface area contributed by atoms with Gasteiger partial charge in [-0.25, -0.2) is 0 Å². The van der Waals surface area contributed by atoms with Crippen molar-refractivity contribution in [2.24, 2.45) is 11.5 Å². The third kappa shape index (κ3) is 9.11. The van der Waals surface area contributed by atoms with E-state index in [4.69, 9.17) is 16.6 Å². The lowest BCUT2D eigenvalue weighted by molar-refractivity contribution is -0.147. The van der Waals surface area contributed by atoms with Crippen molar-refractivity contribution in [2.45, 2.75) is 62.4 Å². The number of phenolic OH excluding ortho intramolecular Hbond substituents is 1. The van der Waals surface area contributed by atoms with Crippen molar-refractivity contribution in [3.63, 3.8) is 0 Å². The van der Waals surface area contributed by atoms with Gasteiger partial charge < -0.3 is 52.5 Å². The number of primary amides is 1. The van der Waals surface area contributed by atoms with Gasteiger partial charge in [0, 0.05) is 19.5 Å². The van der Waals surface area contributed by atoms with Gasteiger partial charge in [-0.2, -0.15) is 0 Å². The lowest BCUT2D eigenvalue weighted by Crippen LogP contribution is -2.56. The number of aliphatic hydroxyl groups is 1. The van der Waals surface area contributed by atoms with E-state index >= 15 is 0 Å². The van der Waals surface area contributed by atoms with Crippen LogP contribution in [0.3, 0.4) is 0 Å². The van der Waals surface area contributed by atoms with Crippen molar-refractivity contribution in [3.05, 3.63) is 29.8 Å². The number of carbonyl (C=O) groups is 7. The Kier molecular flexibility index (Phi) is 11.6. The van der Waals surface area contributed by atoms with Gasteiger partial charge in [0.05, 0.1) is 31.7 Å². The second-order valence-electron chi connectivity index (χ2n) is 10.7. The third-order valence-electron chi connectivity index (χ3n) is 7.29. The van der Waals surface area contributed by atoms with Gasteiger partial charge in [0.25, 0.3) is 0 Å². The smallest absolute Gasteiger partial charge is 0.305 e. The number of carbonyl (C=O) groups excluding carboxylic acids is 6. The van der Waals surface area contributed by atoms with Crippen LogP contribution in [0.5, 0.6) is 5.75 Å². The number of aliphatic hydroxyl groups excluding tert-OH is 1. The number of aliphatic carboxylic acids is 1. The van der Waals surface area contributed by atoms with Crippen LogP contribution in [-0.4, -0.2) is 123 Å². The molecule has 2 saturated heterocycles. The van der Waals surface area contributed by atoms with E-state index in [0.29, 0.717) is 12.8 Å². The Hall–Kier alpha value is -4.77. The van der Waals surface area contributed by atoms with E-state index in [1.807, 2.05) is 0 Å². The average Bonchev–Trinajstić information content (AvgIpc) is 3.61. The molecule has 10 N–H and O–H groups in total. The molecule has 0 saturated carbocycles. The Morgan fingerprint density at radius 2 is 1.66 bits per heavy atom. The minimum Gasteiger partial charge on any atom is -0.508 e. The first-order valence-corrected chi connectivity index (χ1v) is 13.9. The lowest BCUT2D eigenvalue weighted by Gasteiger charge is -2.32. The molecule has 0 spiro atoms. The molecule has 17 nitrogen and oxygen atoms in total. The molecule has 44 heavy (non-hydrogen) atoms. The number of likely N-dealkylation sites (tertiary alicyclic amines) is 2. The largest absolute Gasteiger partial charge is 0.508 e. The highest BCUT2D eigenvalue weighted by Crippen LogP contribution is 2.26. The predicted molar refractivity (Wildman–Crippen MR) is 150 cm³/mol. The van der Waals surface area contributed by atoms with E-state index in [0.717, 1.165) is 10.5 Å². The quantitative estimate of drug-likeness (QED) is 0.105. The number of carboxylic acid groups (broad SMARTS) is 1. The van der Waals surface area contributed by atoms with E-state index in [9.17, 15) is 43.8 Å². The number of nitrogens with two attached hydrogens (primary N) is 2. The monoisotopic (exact) mass is 619 g/mol. The Labute approximate surface area is 251 Å². The highest BCUT2D eigenvalue weighted by molar-refractivity contribution is 5.96. The topological polar surface area (TPSA) is 275 Å². The summed E-state index contributed by atoms with van der Waals surface area (Å²) in [5, 5.41) is 35.4. The number of hydrogen-bond acceptors (Lipinski definition) is 10. The number of benzene rings is 1. The van der Waals surface area contributed by atoms with Gasteiger partial charge in [-0.05, 0) is 37.0 Å². The van der Waals surface area contributed by atoms with Crippen molar-refractivity contribution < 1.29 is 48.9 Å². The minimum absolute atomic E-state index is 0.0673. The van der Waals surface area contributed by atoms with Crippen LogP contribution in [0.2, 0.25) is 0 Å². The van der Waals surface area contributed by atoms with Gasteiger partial charge in [-0.1, -0.05) is 12.1 Å². The van der Waals surface area contributed by atoms with Crippen molar-refractivity contribution in [1.29, 1.82) is 0 Å². The second kappa shape index (κ2) is 15.1. The molecular weight excluding hydrogens is 582 g/mol. The summed E-state index contributed by atoms with van der Waals surface area (Å²) in [6.07, 6.45) is -0.964. The van der Waals surface area contributed by atoms with Crippen molar-refractivity contribution >= 4 is 41.4 Å². The van der Waals surface area contributed by atoms with Gasteiger partial charge in [-0.3, -0.25) is 33.6 Å². The molecular formula is C27H37N7O10. The summed E-state index contributed by atoms with van der Waals surface area (Å²) in [7, 11) is 0. The normalized spacial score (nSPS) is 20.8. The zero-order valence-electron chi connectivity index (χ0n) is 23.8. The Morgan fingerprint density at radius 3 is 2.30 bits per heavy atom. The van der Waals surface area contributed by atoms with Crippen molar-refractivity contribution in [3.8, 4) is 5.75 Å². The molecule has 0 aromatic heterocycles. The van der Waals surface area contributed by atoms with E-state index in [-0.39, 0.29) is 31.7 Å². The lowest BCUT2D eigenvalue weighted by atomic mass is 10.0. The first-order valence-electron chi connectivity index (χ1n) is 13.9. The molecule has 2 aliphatic rings. The fourth-order valence-corrected chi connectivity index (χ4v) is 5.18. The minimum atomic E-state index is -1.56. The number of aromatic hydroxyl groups is 1. The number of β-amino-alcohol motifs (C(OH)–C–C–N with tert-alkyl or cyclic N) is 1. The van der Waals surface area contributed by atoms with Crippen LogP contribution in [0.15, 0.2) is 24.3 Å². The summed E-state index contributed by atoms with van der Waals surface area (Å²) in [4.78, 5) is 88.9. The molecule has 2 fully saturated rings. The SMILES string of the molecule is NC(=O)CNC(=O)[C@H](CC(=O)O)NC(=O)CNC(=O)[C@@H]1C[C@@H](O)CN1C(=O)[C@@H]1CCCN1C(=O)[C@@H](N)Cc1ccc(O)cc1. The number of nitrogens with one attached hydrogen (secondary N) is 3. The van der Waals surface area contributed by atoms with Gasteiger partial charge >= 0.3 is 5.97 Å². The number of hydrogen-bond donors (Lipinski definition) is 8. The van der Waals surface area contributed by atoms with Crippen LogP contribution in [0, 0.1) is 0 Å². The molecule has 1 aromatic rings. The molecule has 6 amide bonds. The Morgan fingerprint density at radius 1 is 0.977 bits per heavy atom. The fourth-order valence-electron chi connectivity index (χ4n) is 5.18. The molecule has 0 radical (unpaired) electrons. The van der Waals surface area contributed by atoms with E-state index in [1.54, 1.807) is 12.1 Å². The van der Waals surface area contributed by atoms with Crippen LogP contribution in [0.25, 0.3) is 0 Å². The van der Waals surface area contributed by atoms with Gasteiger partial charge in [-0.15, -0.1) is 0 Å². The van der Waals surface area contributed by atoms with Crippen LogP contribution in [0.1, 0.15) is 31.2 Å². The summed E-state index contributed by atoms with van der Waals surface area (Å²) in [5.74, 6) is -5.92. The Balaban J connectivity index is 1.60. The molecule has 2 heterocycles. The van der Waals surface area contributed by atoms with E-state index in [1.165, 1.54) is 17.0 Å². The summed E-state index contributed by atoms with van der Waals surface area (Å²) in [6, 6.07) is 1.62. The molecule has 0 bridgehead atoms. The summed E-state index contributed by atoms with van der Waals surface area (Å²) < 4.78 is 0. The molecule has 2 aliphatic heterocycles. The van der Waals surface area contributed by atoms with Gasteiger partial charge in [0.15, 0.2) is 0 Å². The third-order valence-corrected chi connectivity index (χ3v) is 7.29. The highest BCUT2D eigenvalue weighted by atomic mass is 16.4. The summed E-state index contributed by atoms with van der Waals surface area (Å²) >= 11 is 0. The van der Waals surface area contributed by atoms with Gasteiger partial charge in [0.2, 0.25) is 35.4 Å². The Bertz CT molecular complexity index is 1270. The van der Waals surface area contributed by atoms with E-state index < -0.39 is 91.2 Å². The zero-order chi connectivity index (χ0) is 32.6. The number of carboxylic acids is 1. The first kappa shape index (κ1) is 33.7. The summed E-state index contributed by atoms with van der Waals surface area (Å²) in [6.45, 7) is -1.17. The molecule has 0 unspecified atom stereocenters. The number of amides is 6. The molecule has 240 valence electrons. The standard InChI is InChI=1S/C27H37N7O10/c28-17(8-14-3-5-15(35)6-4-14)26(43)33-7-1-2-19(33)27(44)34-13-16(36)9-20(34)25(42)31-12-22(38)32-18(10-23(39)40)24(41)30-11-21(29)37/h3-6,16-20,35-36H,1-2,7-13,28H2,(H2,29,37)(H,30,41)(H,31,42)(H,32,38)(H,39,40)/t16-,17+,18+,19+,20+/m1/s1. The molecule has 1 aromatic carbocycles. The summed E-state index contributed by atoms with van der Waals surface area (Å²) in [5.41, 5.74) is 11.8. The molecule has 3 rings (SSSR count). The molecule has 17 heteroatoms.